The summed E-state index contributed by atoms with van der Waals surface area (Å²) in [5, 5.41) is 1.22. The van der Waals surface area contributed by atoms with Gasteiger partial charge in [-0.25, -0.2) is 8.78 Å². The Morgan fingerprint density at radius 2 is 1.65 bits per heavy atom. The van der Waals surface area contributed by atoms with E-state index < -0.39 is 0 Å². The third-order valence-electron chi connectivity index (χ3n) is 6.23. The molecule has 0 saturated heterocycles. The molecule has 2 aliphatic carbocycles. The first kappa shape index (κ1) is 15.1. The van der Waals surface area contributed by atoms with E-state index >= 15 is 0 Å². The maximum Gasteiger partial charge on any atom is 0.131 e. The zero-order valence-electron chi connectivity index (χ0n) is 13.7. The minimum Gasteiger partial charge on any atom is -0.207 e. The normalized spacial score (nSPS) is 31.1. The molecule has 4 unspecified atom stereocenters. The highest BCUT2D eigenvalue weighted by molar-refractivity contribution is 5.84. The van der Waals surface area contributed by atoms with E-state index in [1.807, 2.05) is 6.07 Å². The van der Waals surface area contributed by atoms with Crippen molar-refractivity contribution in [3.8, 4) is 0 Å². The molecule has 23 heavy (non-hydrogen) atoms. The zero-order chi connectivity index (χ0) is 16.0. The molecule has 2 heteroatoms. The Morgan fingerprint density at radius 1 is 0.870 bits per heavy atom. The van der Waals surface area contributed by atoms with E-state index in [1.165, 1.54) is 44.2 Å². The number of rotatable bonds is 1. The lowest BCUT2D eigenvalue weighted by Gasteiger charge is -2.41. The predicted molar refractivity (Wildman–Crippen MR) is 90.5 cm³/mol. The Kier molecular flexibility index (Phi) is 3.87. The molecule has 0 radical (unpaired) electrons. The SMILES string of the molecule is CC1CCC2CC(c3cc(F)c4ccc(F)cc4c3)CCC2C1. The van der Waals surface area contributed by atoms with E-state index in [2.05, 4.69) is 6.92 Å². The molecule has 2 aliphatic rings. The van der Waals surface area contributed by atoms with E-state index in [9.17, 15) is 8.78 Å². The van der Waals surface area contributed by atoms with Gasteiger partial charge >= 0.3 is 0 Å². The van der Waals surface area contributed by atoms with Gasteiger partial charge in [0.15, 0.2) is 0 Å². The second-order valence-electron chi connectivity index (χ2n) is 7.82. The highest BCUT2D eigenvalue weighted by Crippen LogP contribution is 2.47. The van der Waals surface area contributed by atoms with Crippen LogP contribution in [0.1, 0.15) is 56.9 Å². The Bertz CT molecular complexity index is 721. The number of benzene rings is 2. The number of halogens is 2. The van der Waals surface area contributed by atoms with Crippen molar-refractivity contribution in [3.05, 3.63) is 47.5 Å². The lowest BCUT2D eigenvalue weighted by atomic mass is 9.64. The molecule has 2 aromatic rings. The van der Waals surface area contributed by atoms with Crippen LogP contribution in [0.3, 0.4) is 0 Å². The van der Waals surface area contributed by atoms with Gasteiger partial charge in [0.25, 0.3) is 0 Å². The number of fused-ring (bicyclic) bond motifs is 2. The molecule has 0 bridgehead atoms. The van der Waals surface area contributed by atoms with Gasteiger partial charge in [-0.2, -0.15) is 0 Å². The summed E-state index contributed by atoms with van der Waals surface area (Å²) in [6, 6.07) is 8.03. The van der Waals surface area contributed by atoms with Gasteiger partial charge in [-0.15, -0.1) is 0 Å². The van der Waals surface area contributed by atoms with Crippen molar-refractivity contribution in [2.75, 3.05) is 0 Å². The van der Waals surface area contributed by atoms with Crippen molar-refractivity contribution >= 4 is 10.8 Å². The quantitative estimate of drug-likeness (QED) is 0.568. The van der Waals surface area contributed by atoms with Crippen LogP contribution in [0, 0.1) is 29.4 Å². The second kappa shape index (κ2) is 5.89. The highest BCUT2D eigenvalue weighted by atomic mass is 19.1. The standard InChI is InChI=1S/C21H24F2/c1-13-2-3-15-9-16(5-4-14(15)8-13)17-10-18-11-19(22)6-7-20(18)21(23)12-17/h6-7,10-16H,2-5,8-9H2,1H3. The fourth-order valence-corrected chi connectivity index (χ4v) is 4.98. The monoisotopic (exact) mass is 314 g/mol. The van der Waals surface area contributed by atoms with Gasteiger partial charge in [0.1, 0.15) is 11.6 Å². The Balaban J connectivity index is 1.62. The minimum absolute atomic E-state index is 0.211. The maximum atomic E-state index is 14.4. The number of hydrogen-bond donors (Lipinski definition) is 0. The maximum absolute atomic E-state index is 14.4. The summed E-state index contributed by atoms with van der Waals surface area (Å²) in [6.45, 7) is 2.37. The molecular formula is C21H24F2. The van der Waals surface area contributed by atoms with Crippen LogP contribution in [0.4, 0.5) is 8.78 Å². The molecule has 2 saturated carbocycles. The lowest BCUT2D eigenvalue weighted by molar-refractivity contribution is 0.124. The van der Waals surface area contributed by atoms with Crippen molar-refractivity contribution in [2.45, 2.75) is 51.4 Å². The van der Waals surface area contributed by atoms with Crippen LogP contribution in [0.2, 0.25) is 0 Å². The largest absolute Gasteiger partial charge is 0.207 e. The fourth-order valence-electron chi connectivity index (χ4n) is 4.98. The van der Waals surface area contributed by atoms with Crippen LogP contribution in [-0.2, 0) is 0 Å². The lowest BCUT2D eigenvalue weighted by Crippen LogP contribution is -2.29. The highest BCUT2D eigenvalue weighted by Gasteiger charge is 2.34. The van der Waals surface area contributed by atoms with Gasteiger partial charge in [0, 0.05) is 5.39 Å². The fraction of sp³-hybridized carbons (Fsp3) is 0.524. The van der Waals surface area contributed by atoms with Crippen LogP contribution >= 0.6 is 0 Å². The molecule has 0 heterocycles. The van der Waals surface area contributed by atoms with E-state index in [0.29, 0.717) is 16.7 Å². The first-order valence-corrected chi connectivity index (χ1v) is 8.99. The third-order valence-corrected chi connectivity index (χ3v) is 6.23. The first-order valence-electron chi connectivity index (χ1n) is 8.99. The average Bonchev–Trinajstić information content (AvgIpc) is 2.53. The molecule has 4 rings (SSSR count). The smallest absolute Gasteiger partial charge is 0.131 e. The molecule has 122 valence electrons. The Morgan fingerprint density at radius 3 is 2.52 bits per heavy atom. The van der Waals surface area contributed by atoms with Crippen LogP contribution in [0.15, 0.2) is 30.3 Å². The topological polar surface area (TPSA) is 0 Å². The van der Waals surface area contributed by atoms with Gasteiger partial charge in [-0.3, -0.25) is 0 Å². The van der Waals surface area contributed by atoms with Crippen LogP contribution in [0.25, 0.3) is 10.8 Å². The molecule has 2 fully saturated rings. The van der Waals surface area contributed by atoms with Gasteiger partial charge in [0.05, 0.1) is 0 Å². The van der Waals surface area contributed by atoms with Crippen LogP contribution < -0.4 is 0 Å². The van der Waals surface area contributed by atoms with Gasteiger partial charge in [0.2, 0.25) is 0 Å². The summed E-state index contributed by atoms with van der Waals surface area (Å²) < 4.78 is 27.9. The number of hydrogen-bond acceptors (Lipinski definition) is 0. The van der Waals surface area contributed by atoms with E-state index in [1.54, 1.807) is 12.1 Å². The van der Waals surface area contributed by atoms with Crippen molar-refractivity contribution in [1.82, 2.24) is 0 Å². The predicted octanol–water partition coefficient (Wildman–Crippen LogP) is 6.44. The molecule has 0 spiro atoms. The summed E-state index contributed by atoms with van der Waals surface area (Å²) in [5.74, 6) is 2.48. The van der Waals surface area contributed by atoms with E-state index in [4.69, 9.17) is 0 Å². The van der Waals surface area contributed by atoms with E-state index in [0.717, 1.165) is 29.7 Å². The molecule has 0 nitrogen and oxygen atoms in total. The van der Waals surface area contributed by atoms with Crippen molar-refractivity contribution < 1.29 is 8.78 Å². The molecular weight excluding hydrogens is 290 g/mol. The summed E-state index contributed by atoms with van der Waals surface area (Å²) in [7, 11) is 0. The Hall–Kier alpha value is -1.44. The molecule has 0 aliphatic heterocycles. The van der Waals surface area contributed by atoms with Crippen molar-refractivity contribution in [2.24, 2.45) is 17.8 Å². The molecule has 4 atom stereocenters. The zero-order valence-corrected chi connectivity index (χ0v) is 13.7. The molecule has 0 N–H and O–H groups in total. The van der Waals surface area contributed by atoms with E-state index in [-0.39, 0.29) is 11.6 Å². The van der Waals surface area contributed by atoms with Gasteiger partial charge < -0.3 is 0 Å². The van der Waals surface area contributed by atoms with Crippen molar-refractivity contribution in [3.63, 3.8) is 0 Å². The summed E-state index contributed by atoms with van der Waals surface area (Å²) in [4.78, 5) is 0. The summed E-state index contributed by atoms with van der Waals surface area (Å²) in [5.41, 5.74) is 1.07. The summed E-state index contributed by atoms with van der Waals surface area (Å²) in [6.07, 6.45) is 7.63. The van der Waals surface area contributed by atoms with Gasteiger partial charge in [-0.05, 0) is 91.0 Å². The molecule has 0 aromatic heterocycles. The van der Waals surface area contributed by atoms with Crippen LogP contribution in [-0.4, -0.2) is 0 Å². The van der Waals surface area contributed by atoms with Crippen molar-refractivity contribution in [1.29, 1.82) is 0 Å². The third kappa shape index (κ3) is 2.88. The van der Waals surface area contributed by atoms with Gasteiger partial charge in [-0.1, -0.05) is 19.4 Å². The molecule has 0 amide bonds. The summed E-state index contributed by atoms with van der Waals surface area (Å²) >= 11 is 0. The molecule has 2 aromatic carbocycles. The minimum atomic E-state index is -0.293. The van der Waals surface area contributed by atoms with Crippen LogP contribution in [0.5, 0.6) is 0 Å². The average molecular weight is 314 g/mol. The second-order valence-corrected chi connectivity index (χ2v) is 7.82. The first-order chi connectivity index (χ1) is 11.1. The Labute approximate surface area is 136 Å².